The summed E-state index contributed by atoms with van der Waals surface area (Å²) in [7, 11) is 0. The Morgan fingerprint density at radius 2 is 2.00 bits per heavy atom. The Morgan fingerprint density at radius 3 is 2.53 bits per heavy atom. The zero-order valence-corrected chi connectivity index (χ0v) is 11.4. The van der Waals surface area contributed by atoms with Crippen molar-refractivity contribution in [3.63, 3.8) is 0 Å². The number of rotatable bonds is 3. The molecular weight excluding hydrogens is 329 g/mol. The van der Waals surface area contributed by atoms with Crippen LogP contribution in [0, 0.1) is 0 Å². The summed E-state index contributed by atoms with van der Waals surface area (Å²) < 4.78 is -0.247. The molecule has 2 rings (SSSR count). The molecule has 0 fully saturated rings. The molecule has 0 aliphatic rings. The molecule has 0 saturated heterocycles. The number of nitrogens with zero attached hydrogens (tertiary/aromatic N) is 3. The maximum absolute atomic E-state index is 12.2. The number of carbonyl (C=O) groups excluding carboxylic acids is 1. The van der Waals surface area contributed by atoms with Crippen LogP contribution in [0.15, 0.2) is 36.9 Å². The lowest BCUT2D eigenvalue weighted by Crippen LogP contribution is -2.30. The molecule has 88 valence electrons. The summed E-state index contributed by atoms with van der Waals surface area (Å²) in [6.07, 6.45) is 2.66. The van der Waals surface area contributed by atoms with Crippen LogP contribution in [0.25, 0.3) is 0 Å². The maximum Gasteiger partial charge on any atom is 0.254 e. The molecule has 0 radical (unpaired) electrons. The Hall–Kier alpha value is -0.910. The highest BCUT2D eigenvalue weighted by Crippen LogP contribution is 2.33. The number of benzene rings is 1. The first-order valence-electron chi connectivity index (χ1n) is 4.55. The van der Waals surface area contributed by atoms with E-state index in [1.165, 1.54) is 17.3 Å². The van der Waals surface area contributed by atoms with E-state index in [1.807, 2.05) is 0 Å². The van der Waals surface area contributed by atoms with Crippen molar-refractivity contribution >= 4 is 44.9 Å². The second kappa shape index (κ2) is 4.76. The van der Waals surface area contributed by atoms with E-state index in [1.54, 1.807) is 24.3 Å². The van der Waals surface area contributed by atoms with Crippen molar-refractivity contribution in [3.8, 4) is 0 Å². The number of alkyl halides is 2. The molecule has 17 heavy (non-hydrogen) atoms. The minimum Gasteiger partial charge on any atom is -0.289 e. The van der Waals surface area contributed by atoms with Crippen molar-refractivity contribution < 1.29 is 4.79 Å². The minimum atomic E-state index is -1.47. The molecule has 0 spiro atoms. The Kier molecular flexibility index (Phi) is 3.51. The SMILES string of the molecule is O=C(c1ccc(Cl)cc1)C(Cl)(Br)n1cncn1. The Labute approximate surface area is 116 Å². The van der Waals surface area contributed by atoms with Gasteiger partial charge < -0.3 is 0 Å². The van der Waals surface area contributed by atoms with Crippen LogP contribution in [0.3, 0.4) is 0 Å². The normalized spacial score (nSPS) is 14.3. The summed E-state index contributed by atoms with van der Waals surface area (Å²) in [6, 6.07) is 6.44. The summed E-state index contributed by atoms with van der Waals surface area (Å²) in [4.78, 5) is 15.9. The molecule has 7 heteroatoms. The van der Waals surface area contributed by atoms with Gasteiger partial charge in [-0.1, -0.05) is 23.2 Å². The van der Waals surface area contributed by atoms with Gasteiger partial charge in [0.25, 0.3) is 3.91 Å². The smallest absolute Gasteiger partial charge is 0.254 e. The van der Waals surface area contributed by atoms with Crippen molar-refractivity contribution in [2.45, 2.75) is 3.91 Å². The molecule has 1 unspecified atom stereocenters. The lowest BCUT2D eigenvalue weighted by Gasteiger charge is -2.18. The third kappa shape index (κ3) is 2.51. The minimum absolute atomic E-state index is 0.346. The van der Waals surface area contributed by atoms with Crippen LogP contribution in [-0.4, -0.2) is 20.5 Å². The largest absolute Gasteiger partial charge is 0.289 e. The lowest BCUT2D eigenvalue weighted by molar-refractivity contribution is 0.0945. The standard InChI is InChI=1S/C10H6BrCl2N3O/c11-10(13,16-6-14-5-15-16)9(17)7-1-3-8(12)4-2-7/h1-6H. The van der Waals surface area contributed by atoms with Gasteiger partial charge in [0.1, 0.15) is 12.7 Å². The monoisotopic (exact) mass is 333 g/mol. The van der Waals surface area contributed by atoms with Crippen LogP contribution < -0.4 is 0 Å². The van der Waals surface area contributed by atoms with Crippen molar-refractivity contribution in [2.75, 3.05) is 0 Å². The molecule has 0 bridgehead atoms. The highest BCUT2D eigenvalue weighted by molar-refractivity contribution is 9.10. The number of hydrogen-bond acceptors (Lipinski definition) is 3. The van der Waals surface area contributed by atoms with Crippen LogP contribution in [0.5, 0.6) is 0 Å². The number of aromatic nitrogens is 3. The second-order valence-corrected chi connectivity index (χ2v) is 5.80. The Morgan fingerprint density at radius 1 is 1.35 bits per heavy atom. The molecule has 0 saturated carbocycles. The zero-order valence-electron chi connectivity index (χ0n) is 8.35. The summed E-state index contributed by atoms with van der Waals surface area (Å²) in [5.41, 5.74) is 0.428. The second-order valence-electron chi connectivity index (χ2n) is 3.22. The van der Waals surface area contributed by atoms with Gasteiger partial charge in [-0.25, -0.2) is 9.67 Å². The van der Waals surface area contributed by atoms with Crippen molar-refractivity contribution in [2.24, 2.45) is 0 Å². The van der Waals surface area contributed by atoms with Gasteiger partial charge in [0, 0.05) is 10.6 Å². The van der Waals surface area contributed by atoms with Gasteiger partial charge in [0.05, 0.1) is 0 Å². The zero-order chi connectivity index (χ0) is 12.5. The quantitative estimate of drug-likeness (QED) is 0.640. The van der Waals surface area contributed by atoms with Gasteiger partial charge in [-0.05, 0) is 40.2 Å². The highest BCUT2D eigenvalue weighted by atomic mass is 79.9. The van der Waals surface area contributed by atoms with Crippen molar-refractivity contribution in [1.82, 2.24) is 14.8 Å². The summed E-state index contributed by atoms with van der Waals surface area (Å²) in [5.74, 6) is -0.346. The fourth-order valence-electron chi connectivity index (χ4n) is 1.23. The molecule has 2 aromatic rings. The average Bonchev–Trinajstić information content (AvgIpc) is 2.83. The van der Waals surface area contributed by atoms with Crippen LogP contribution >= 0.6 is 39.1 Å². The number of ketones is 1. The Bertz CT molecular complexity index is 525. The van der Waals surface area contributed by atoms with Crippen LogP contribution in [0.1, 0.15) is 10.4 Å². The first-order chi connectivity index (χ1) is 8.01. The van der Waals surface area contributed by atoms with Crippen molar-refractivity contribution in [3.05, 3.63) is 47.5 Å². The summed E-state index contributed by atoms with van der Waals surface area (Å²) in [5, 5.41) is 4.38. The highest BCUT2D eigenvalue weighted by Gasteiger charge is 2.36. The third-order valence-corrected chi connectivity index (χ3v) is 3.41. The van der Waals surface area contributed by atoms with E-state index in [9.17, 15) is 4.79 Å². The number of carbonyl (C=O) groups is 1. The van der Waals surface area contributed by atoms with E-state index in [0.717, 1.165) is 0 Å². The van der Waals surface area contributed by atoms with Crippen LogP contribution in [0.2, 0.25) is 5.02 Å². The van der Waals surface area contributed by atoms with Crippen LogP contribution in [-0.2, 0) is 3.91 Å². The summed E-state index contributed by atoms with van der Waals surface area (Å²) >= 11 is 15.0. The first kappa shape index (κ1) is 12.5. The Balaban J connectivity index is 2.34. The van der Waals surface area contributed by atoms with Gasteiger partial charge in [-0.15, -0.1) is 0 Å². The van der Waals surface area contributed by atoms with Gasteiger partial charge in [-0.2, -0.15) is 5.10 Å². The third-order valence-electron chi connectivity index (χ3n) is 2.09. The molecule has 0 aliphatic carbocycles. The molecule has 1 aromatic carbocycles. The van der Waals surface area contributed by atoms with E-state index in [4.69, 9.17) is 23.2 Å². The maximum atomic E-state index is 12.2. The van der Waals surface area contributed by atoms with E-state index in [0.29, 0.717) is 10.6 Å². The molecule has 1 atom stereocenters. The first-order valence-corrected chi connectivity index (χ1v) is 6.10. The fourth-order valence-corrected chi connectivity index (χ4v) is 1.97. The molecular formula is C10H6BrCl2N3O. The van der Waals surface area contributed by atoms with Gasteiger partial charge in [0.15, 0.2) is 0 Å². The molecule has 0 aliphatic heterocycles. The molecule has 4 nitrogen and oxygen atoms in total. The molecule has 1 heterocycles. The predicted molar refractivity (Wildman–Crippen MR) is 68.6 cm³/mol. The topological polar surface area (TPSA) is 47.8 Å². The summed E-state index contributed by atoms with van der Waals surface area (Å²) in [6.45, 7) is 0. The number of hydrogen-bond donors (Lipinski definition) is 0. The molecule has 0 N–H and O–H groups in total. The number of Topliss-reactive ketones (excluding diaryl/α,β-unsaturated/α-hetero) is 1. The average molecular weight is 335 g/mol. The van der Waals surface area contributed by atoms with Crippen molar-refractivity contribution in [1.29, 1.82) is 0 Å². The number of halogens is 3. The molecule has 1 aromatic heterocycles. The van der Waals surface area contributed by atoms with E-state index in [2.05, 4.69) is 26.0 Å². The molecule has 0 amide bonds. The predicted octanol–water partition coefficient (Wildman–Crippen LogP) is 3.06. The van der Waals surface area contributed by atoms with Crippen LogP contribution in [0.4, 0.5) is 0 Å². The van der Waals surface area contributed by atoms with E-state index >= 15 is 0 Å². The van der Waals surface area contributed by atoms with Gasteiger partial charge in [0.2, 0.25) is 5.78 Å². The lowest BCUT2D eigenvalue weighted by atomic mass is 10.1. The van der Waals surface area contributed by atoms with E-state index < -0.39 is 3.91 Å². The fraction of sp³-hybridized carbons (Fsp3) is 0.100. The van der Waals surface area contributed by atoms with Gasteiger partial charge >= 0.3 is 0 Å². The van der Waals surface area contributed by atoms with Gasteiger partial charge in [-0.3, -0.25) is 4.79 Å². The van der Waals surface area contributed by atoms with E-state index in [-0.39, 0.29) is 5.78 Å².